The average Bonchev–Trinajstić information content (AvgIpc) is 2.75. The van der Waals surface area contributed by atoms with Gasteiger partial charge in [0.2, 0.25) is 0 Å². The standard InChI is InChI=1S/C16H16BrNO/c1-11-8-13-4-2-3-5-15(13)18(11)16-7-6-12(10-19)9-14(16)17/h2-7,9,11,19H,8,10H2,1H3. The minimum absolute atomic E-state index is 0.0744. The largest absolute Gasteiger partial charge is 0.392 e. The second-order valence-corrected chi connectivity index (χ2v) is 5.85. The van der Waals surface area contributed by atoms with Crippen LogP contribution in [0.2, 0.25) is 0 Å². The van der Waals surface area contributed by atoms with E-state index in [1.807, 2.05) is 12.1 Å². The summed E-state index contributed by atoms with van der Waals surface area (Å²) in [6.45, 7) is 2.32. The van der Waals surface area contributed by atoms with E-state index in [-0.39, 0.29) is 6.61 Å². The van der Waals surface area contributed by atoms with Gasteiger partial charge in [-0.25, -0.2) is 0 Å². The van der Waals surface area contributed by atoms with Crippen LogP contribution in [0.25, 0.3) is 0 Å². The smallest absolute Gasteiger partial charge is 0.0682 e. The predicted octanol–water partition coefficient (Wildman–Crippen LogP) is 4.02. The van der Waals surface area contributed by atoms with Gasteiger partial charge >= 0.3 is 0 Å². The van der Waals surface area contributed by atoms with Crippen molar-refractivity contribution in [3.8, 4) is 0 Å². The molecule has 1 heterocycles. The SMILES string of the molecule is CC1Cc2ccccc2N1c1ccc(CO)cc1Br. The number of hydrogen-bond donors (Lipinski definition) is 1. The first-order valence-electron chi connectivity index (χ1n) is 6.47. The van der Waals surface area contributed by atoms with Crippen molar-refractivity contribution in [3.05, 3.63) is 58.1 Å². The number of fused-ring (bicyclic) bond motifs is 1. The molecular weight excluding hydrogens is 302 g/mol. The van der Waals surface area contributed by atoms with Crippen LogP contribution in [0.15, 0.2) is 46.9 Å². The summed E-state index contributed by atoms with van der Waals surface area (Å²) in [6.07, 6.45) is 1.07. The first-order valence-corrected chi connectivity index (χ1v) is 7.26. The second-order valence-electron chi connectivity index (χ2n) is 5.00. The van der Waals surface area contributed by atoms with Crippen LogP contribution >= 0.6 is 15.9 Å². The van der Waals surface area contributed by atoms with Crippen molar-refractivity contribution < 1.29 is 5.11 Å². The fourth-order valence-corrected chi connectivity index (χ4v) is 3.39. The zero-order valence-corrected chi connectivity index (χ0v) is 12.4. The molecule has 3 heteroatoms. The maximum Gasteiger partial charge on any atom is 0.0682 e. The van der Waals surface area contributed by atoms with Gasteiger partial charge in [0.25, 0.3) is 0 Å². The maximum atomic E-state index is 9.19. The lowest BCUT2D eigenvalue weighted by Crippen LogP contribution is -2.24. The van der Waals surface area contributed by atoms with E-state index in [0.29, 0.717) is 6.04 Å². The molecule has 2 aromatic rings. The van der Waals surface area contributed by atoms with Crippen LogP contribution < -0.4 is 4.90 Å². The Hall–Kier alpha value is -1.32. The van der Waals surface area contributed by atoms with Gasteiger partial charge in [-0.3, -0.25) is 0 Å². The van der Waals surface area contributed by atoms with E-state index in [9.17, 15) is 5.11 Å². The highest BCUT2D eigenvalue weighted by atomic mass is 79.9. The van der Waals surface area contributed by atoms with Gasteiger partial charge < -0.3 is 10.0 Å². The van der Waals surface area contributed by atoms with Gasteiger partial charge in [-0.1, -0.05) is 24.3 Å². The van der Waals surface area contributed by atoms with Crippen LogP contribution in [0.5, 0.6) is 0 Å². The summed E-state index contributed by atoms with van der Waals surface area (Å²) in [5, 5.41) is 9.19. The summed E-state index contributed by atoms with van der Waals surface area (Å²) in [7, 11) is 0. The van der Waals surface area contributed by atoms with Crippen molar-refractivity contribution in [1.82, 2.24) is 0 Å². The minimum atomic E-state index is 0.0744. The van der Waals surface area contributed by atoms with Crippen LogP contribution in [-0.4, -0.2) is 11.1 Å². The quantitative estimate of drug-likeness (QED) is 0.904. The Morgan fingerprint density at radius 2 is 2.00 bits per heavy atom. The van der Waals surface area contributed by atoms with E-state index in [1.54, 1.807) is 0 Å². The van der Waals surface area contributed by atoms with E-state index >= 15 is 0 Å². The van der Waals surface area contributed by atoms with E-state index in [1.165, 1.54) is 11.3 Å². The molecule has 2 aromatic carbocycles. The van der Waals surface area contributed by atoms with Gasteiger partial charge in [0, 0.05) is 16.2 Å². The number of benzene rings is 2. The van der Waals surface area contributed by atoms with Gasteiger partial charge in [0.15, 0.2) is 0 Å². The molecular formula is C16H16BrNO. The van der Waals surface area contributed by atoms with Crippen molar-refractivity contribution >= 4 is 27.3 Å². The first kappa shape index (κ1) is 12.7. The Morgan fingerprint density at radius 3 is 2.74 bits per heavy atom. The van der Waals surface area contributed by atoms with Gasteiger partial charge in [0.1, 0.15) is 0 Å². The van der Waals surface area contributed by atoms with E-state index in [2.05, 4.69) is 58.1 Å². The molecule has 1 unspecified atom stereocenters. The van der Waals surface area contributed by atoms with Crippen LogP contribution in [0.4, 0.5) is 11.4 Å². The maximum absolute atomic E-state index is 9.19. The number of aliphatic hydroxyl groups is 1. The second kappa shape index (κ2) is 4.99. The molecule has 0 saturated heterocycles. The molecule has 3 rings (SSSR count). The molecule has 0 fully saturated rings. The predicted molar refractivity (Wildman–Crippen MR) is 81.8 cm³/mol. The van der Waals surface area contributed by atoms with Crippen LogP contribution in [0.1, 0.15) is 18.1 Å². The Morgan fingerprint density at radius 1 is 1.21 bits per heavy atom. The molecule has 0 aliphatic carbocycles. The summed E-state index contributed by atoms with van der Waals surface area (Å²) in [6, 6.07) is 15.0. The van der Waals surface area contributed by atoms with Gasteiger partial charge in [-0.15, -0.1) is 0 Å². The Balaban J connectivity index is 2.07. The molecule has 2 nitrogen and oxygen atoms in total. The molecule has 1 aliphatic heterocycles. The summed E-state index contributed by atoms with van der Waals surface area (Å²) in [5.41, 5.74) is 4.77. The highest BCUT2D eigenvalue weighted by Crippen LogP contribution is 2.41. The molecule has 1 N–H and O–H groups in total. The summed E-state index contributed by atoms with van der Waals surface area (Å²) >= 11 is 3.62. The zero-order chi connectivity index (χ0) is 13.4. The van der Waals surface area contributed by atoms with Crippen molar-refractivity contribution in [1.29, 1.82) is 0 Å². The molecule has 0 radical (unpaired) electrons. The topological polar surface area (TPSA) is 23.5 Å². The van der Waals surface area contributed by atoms with Crippen LogP contribution in [0, 0.1) is 0 Å². The average molecular weight is 318 g/mol. The Labute approximate surface area is 121 Å². The molecule has 0 spiro atoms. The number of rotatable bonds is 2. The van der Waals surface area contributed by atoms with Crippen molar-refractivity contribution in [2.45, 2.75) is 26.0 Å². The number of anilines is 2. The number of aliphatic hydroxyl groups excluding tert-OH is 1. The fourth-order valence-electron chi connectivity index (χ4n) is 2.78. The normalized spacial score (nSPS) is 17.6. The number of para-hydroxylation sites is 1. The van der Waals surface area contributed by atoms with Gasteiger partial charge in [-0.2, -0.15) is 0 Å². The molecule has 0 amide bonds. The molecule has 1 atom stereocenters. The summed E-state index contributed by atoms with van der Waals surface area (Å²) < 4.78 is 1.03. The number of hydrogen-bond acceptors (Lipinski definition) is 2. The van der Waals surface area contributed by atoms with Crippen LogP contribution in [-0.2, 0) is 13.0 Å². The third-order valence-corrected chi connectivity index (χ3v) is 4.30. The number of halogens is 1. The van der Waals surface area contributed by atoms with Gasteiger partial charge in [0.05, 0.1) is 12.3 Å². The monoisotopic (exact) mass is 317 g/mol. The molecule has 0 bridgehead atoms. The van der Waals surface area contributed by atoms with E-state index in [4.69, 9.17) is 0 Å². The lowest BCUT2D eigenvalue weighted by Gasteiger charge is -2.26. The third-order valence-electron chi connectivity index (χ3n) is 3.66. The summed E-state index contributed by atoms with van der Waals surface area (Å²) in [5.74, 6) is 0. The molecule has 19 heavy (non-hydrogen) atoms. The zero-order valence-electron chi connectivity index (χ0n) is 10.8. The van der Waals surface area contributed by atoms with E-state index < -0.39 is 0 Å². The Bertz CT molecular complexity index is 611. The molecule has 1 aliphatic rings. The van der Waals surface area contributed by atoms with E-state index in [0.717, 1.165) is 22.1 Å². The molecule has 0 aromatic heterocycles. The van der Waals surface area contributed by atoms with Crippen molar-refractivity contribution in [2.24, 2.45) is 0 Å². The van der Waals surface area contributed by atoms with Crippen molar-refractivity contribution in [3.63, 3.8) is 0 Å². The third kappa shape index (κ3) is 2.17. The van der Waals surface area contributed by atoms with Gasteiger partial charge in [-0.05, 0) is 58.6 Å². The lowest BCUT2D eigenvalue weighted by molar-refractivity contribution is 0.282. The minimum Gasteiger partial charge on any atom is -0.392 e. The lowest BCUT2D eigenvalue weighted by atomic mass is 10.1. The number of nitrogens with zero attached hydrogens (tertiary/aromatic N) is 1. The Kier molecular flexibility index (Phi) is 3.33. The highest BCUT2D eigenvalue weighted by Gasteiger charge is 2.27. The molecule has 98 valence electrons. The summed E-state index contributed by atoms with van der Waals surface area (Å²) in [4.78, 5) is 2.36. The molecule has 0 saturated carbocycles. The fraction of sp³-hybridized carbons (Fsp3) is 0.250. The first-order chi connectivity index (χ1) is 9.20. The van der Waals surface area contributed by atoms with Crippen LogP contribution in [0.3, 0.4) is 0 Å². The highest BCUT2D eigenvalue weighted by molar-refractivity contribution is 9.10. The van der Waals surface area contributed by atoms with Crippen molar-refractivity contribution in [2.75, 3.05) is 4.90 Å².